The third-order valence-electron chi connectivity index (χ3n) is 8.40. The van der Waals surface area contributed by atoms with Crippen LogP contribution in [0.4, 0.5) is 0 Å². The predicted molar refractivity (Wildman–Crippen MR) is 171 cm³/mol. The average molecular weight is 551 g/mol. The molecule has 0 heterocycles. The van der Waals surface area contributed by atoms with Crippen molar-refractivity contribution in [3.05, 3.63) is 0 Å². The summed E-state index contributed by atoms with van der Waals surface area (Å²) >= 11 is 0. The summed E-state index contributed by atoms with van der Waals surface area (Å²) in [5.74, 6) is 0.178. The van der Waals surface area contributed by atoms with Crippen LogP contribution in [0.5, 0.6) is 0 Å². The van der Waals surface area contributed by atoms with E-state index in [4.69, 9.17) is 0 Å². The van der Waals surface area contributed by atoms with Gasteiger partial charge in [-0.1, -0.05) is 175 Å². The molecule has 2 atom stereocenters. The average Bonchev–Trinajstić information content (AvgIpc) is 2.94. The monoisotopic (exact) mass is 551 g/mol. The van der Waals surface area contributed by atoms with E-state index < -0.39 is 6.04 Å². The van der Waals surface area contributed by atoms with Crippen LogP contribution in [-0.4, -0.2) is 24.4 Å². The summed E-state index contributed by atoms with van der Waals surface area (Å²) in [6, 6.07) is -0.405. The Morgan fingerprint density at radius 2 is 0.872 bits per heavy atom. The summed E-state index contributed by atoms with van der Waals surface area (Å²) in [6.07, 6.45) is 32.9. The molecule has 0 fully saturated rings. The van der Waals surface area contributed by atoms with E-state index in [0.29, 0.717) is 6.42 Å². The lowest BCUT2D eigenvalue weighted by atomic mass is 9.97. The van der Waals surface area contributed by atoms with Crippen molar-refractivity contribution >= 4 is 11.8 Å². The zero-order chi connectivity index (χ0) is 28.8. The van der Waals surface area contributed by atoms with Crippen molar-refractivity contribution in [2.24, 2.45) is 5.92 Å². The predicted octanol–water partition coefficient (Wildman–Crippen LogP) is 10.4. The fourth-order valence-electron chi connectivity index (χ4n) is 5.36. The van der Waals surface area contributed by atoms with Crippen LogP contribution in [0.1, 0.15) is 195 Å². The lowest BCUT2D eigenvalue weighted by Gasteiger charge is -2.23. The molecule has 232 valence electrons. The minimum Gasteiger partial charge on any atom is -0.354 e. The van der Waals surface area contributed by atoms with Gasteiger partial charge < -0.3 is 10.6 Å². The Morgan fingerprint density at radius 1 is 0.513 bits per heavy atom. The molecule has 4 nitrogen and oxygen atoms in total. The second kappa shape index (κ2) is 29.9. The summed E-state index contributed by atoms with van der Waals surface area (Å²) in [5, 5.41) is 6.14. The van der Waals surface area contributed by atoms with Gasteiger partial charge in [-0.2, -0.15) is 0 Å². The lowest BCUT2D eigenvalue weighted by Crippen LogP contribution is -2.50. The first-order chi connectivity index (χ1) is 19.1. The summed E-state index contributed by atoms with van der Waals surface area (Å²) in [4.78, 5) is 25.3. The molecule has 2 unspecified atom stereocenters. The smallest absolute Gasteiger partial charge is 0.242 e. The standard InChI is InChI=1S/C35H70N2O2/c1-5-8-10-12-14-16-17-18-19-20-21-22-23-25-27-29-31-36-35(39)34(32(4)7-3)37-33(38)30-28-26-24-15-13-11-9-6-2/h32,34H,5-31H2,1-4H3,(H,36,39)(H,37,38). The topological polar surface area (TPSA) is 58.2 Å². The molecule has 4 heteroatoms. The molecule has 0 aromatic heterocycles. The van der Waals surface area contributed by atoms with Crippen molar-refractivity contribution in [2.45, 2.75) is 201 Å². The first-order valence-corrected chi connectivity index (χ1v) is 17.6. The van der Waals surface area contributed by atoms with E-state index in [1.54, 1.807) is 0 Å². The summed E-state index contributed by atoms with van der Waals surface area (Å²) in [5.41, 5.74) is 0. The molecule has 2 N–H and O–H groups in total. The molecule has 0 spiro atoms. The van der Waals surface area contributed by atoms with Crippen LogP contribution in [0.25, 0.3) is 0 Å². The maximum atomic E-state index is 12.8. The molecular weight excluding hydrogens is 480 g/mol. The Kier molecular flexibility index (Phi) is 29.1. The van der Waals surface area contributed by atoms with Crippen LogP contribution in [0, 0.1) is 5.92 Å². The molecule has 0 aliphatic heterocycles. The van der Waals surface area contributed by atoms with Gasteiger partial charge in [-0.05, 0) is 18.8 Å². The van der Waals surface area contributed by atoms with Crippen LogP contribution >= 0.6 is 0 Å². The zero-order valence-corrected chi connectivity index (χ0v) is 27.1. The molecule has 0 radical (unpaired) electrons. The van der Waals surface area contributed by atoms with Crippen LogP contribution in [0.3, 0.4) is 0 Å². The van der Waals surface area contributed by atoms with E-state index in [9.17, 15) is 9.59 Å². The Hall–Kier alpha value is -1.06. The van der Waals surface area contributed by atoms with Crippen LogP contribution < -0.4 is 10.6 Å². The number of carbonyl (C=O) groups is 2. The first kappa shape index (κ1) is 37.9. The maximum Gasteiger partial charge on any atom is 0.242 e. The minimum atomic E-state index is -0.405. The van der Waals surface area contributed by atoms with Gasteiger partial charge in [0.2, 0.25) is 11.8 Å². The van der Waals surface area contributed by atoms with E-state index >= 15 is 0 Å². The van der Waals surface area contributed by atoms with E-state index in [1.807, 2.05) is 0 Å². The van der Waals surface area contributed by atoms with Gasteiger partial charge in [0, 0.05) is 13.0 Å². The molecule has 0 aliphatic carbocycles. The number of nitrogens with one attached hydrogen (secondary N) is 2. The highest BCUT2D eigenvalue weighted by molar-refractivity contribution is 5.87. The molecule has 0 rings (SSSR count). The van der Waals surface area contributed by atoms with Crippen molar-refractivity contribution in [1.82, 2.24) is 10.6 Å². The van der Waals surface area contributed by atoms with Crippen molar-refractivity contribution in [3.63, 3.8) is 0 Å². The van der Waals surface area contributed by atoms with Crippen molar-refractivity contribution in [3.8, 4) is 0 Å². The first-order valence-electron chi connectivity index (χ1n) is 17.6. The number of carbonyl (C=O) groups excluding carboxylic acids is 2. The second-order valence-corrected chi connectivity index (χ2v) is 12.2. The number of hydrogen-bond donors (Lipinski definition) is 2. The van der Waals surface area contributed by atoms with Gasteiger partial charge in [0.15, 0.2) is 0 Å². The van der Waals surface area contributed by atoms with Crippen molar-refractivity contribution < 1.29 is 9.59 Å². The van der Waals surface area contributed by atoms with Gasteiger partial charge in [-0.25, -0.2) is 0 Å². The molecular formula is C35H70N2O2. The van der Waals surface area contributed by atoms with E-state index in [1.165, 1.54) is 135 Å². The van der Waals surface area contributed by atoms with Crippen LogP contribution in [0.15, 0.2) is 0 Å². The number of rotatable bonds is 30. The molecule has 2 amide bonds. The highest BCUT2D eigenvalue weighted by Crippen LogP contribution is 2.14. The molecule has 0 bridgehead atoms. The second-order valence-electron chi connectivity index (χ2n) is 12.2. The van der Waals surface area contributed by atoms with E-state index in [-0.39, 0.29) is 17.7 Å². The molecule has 39 heavy (non-hydrogen) atoms. The molecule has 0 saturated carbocycles. The zero-order valence-electron chi connectivity index (χ0n) is 27.1. The summed E-state index contributed by atoms with van der Waals surface area (Å²) in [6.45, 7) is 9.40. The fraction of sp³-hybridized carbons (Fsp3) is 0.943. The minimum absolute atomic E-state index is 0.00502. The highest BCUT2D eigenvalue weighted by atomic mass is 16.2. The van der Waals surface area contributed by atoms with Crippen LogP contribution in [-0.2, 0) is 9.59 Å². The van der Waals surface area contributed by atoms with Gasteiger partial charge in [0.05, 0.1) is 0 Å². The largest absolute Gasteiger partial charge is 0.354 e. The quantitative estimate of drug-likeness (QED) is 0.0874. The maximum absolute atomic E-state index is 12.8. The third kappa shape index (κ3) is 25.6. The van der Waals surface area contributed by atoms with Gasteiger partial charge in [0.25, 0.3) is 0 Å². The Bertz CT molecular complexity index is 537. The Balaban J connectivity index is 3.75. The third-order valence-corrected chi connectivity index (χ3v) is 8.40. The molecule has 0 aliphatic rings. The number of amides is 2. The Labute approximate surface area is 245 Å². The van der Waals surface area contributed by atoms with Gasteiger partial charge >= 0.3 is 0 Å². The number of unbranched alkanes of at least 4 members (excludes halogenated alkanes) is 22. The SMILES string of the molecule is CCCCCCCCCCCCCCCCCCNC(=O)C(NC(=O)CCCCCCCCCC)C(C)CC. The van der Waals surface area contributed by atoms with E-state index in [0.717, 1.165) is 32.2 Å². The summed E-state index contributed by atoms with van der Waals surface area (Å²) < 4.78 is 0. The highest BCUT2D eigenvalue weighted by Gasteiger charge is 2.25. The van der Waals surface area contributed by atoms with Gasteiger partial charge in [-0.15, -0.1) is 0 Å². The molecule has 0 aromatic carbocycles. The molecule has 0 aromatic rings. The lowest BCUT2D eigenvalue weighted by molar-refractivity contribution is -0.130. The van der Waals surface area contributed by atoms with Crippen LogP contribution in [0.2, 0.25) is 0 Å². The fourth-order valence-corrected chi connectivity index (χ4v) is 5.36. The van der Waals surface area contributed by atoms with Crippen molar-refractivity contribution in [2.75, 3.05) is 6.54 Å². The molecule has 0 saturated heterocycles. The van der Waals surface area contributed by atoms with Gasteiger partial charge in [0.1, 0.15) is 6.04 Å². The van der Waals surface area contributed by atoms with E-state index in [2.05, 4.69) is 38.3 Å². The van der Waals surface area contributed by atoms with Gasteiger partial charge in [-0.3, -0.25) is 9.59 Å². The normalized spacial score (nSPS) is 12.8. The Morgan fingerprint density at radius 3 is 1.26 bits per heavy atom. The summed E-state index contributed by atoms with van der Waals surface area (Å²) in [7, 11) is 0. The number of hydrogen-bond acceptors (Lipinski definition) is 2. The van der Waals surface area contributed by atoms with Crippen molar-refractivity contribution in [1.29, 1.82) is 0 Å².